The van der Waals surface area contributed by atoms with Crippen molar-refractivity contribution in [1.29, 1.82) is 0 Å². The second-order valence-electron chi connectivity index (χ2n) is 2.98. The van der Waals surface area contributed by atoms with Gasteiger partial charge in [0, 0.05) is 12.7 Å². The molecule has 0 saturated carbocycles. The minimum Gasteiger partial charge on any atom is -0.392 e. The molecule has 0 spiro atoms. The van der Waals surface area contributed by atoms with Crippen molar-refractivity contribution in [3.05, 3.63) is 24.0 Å². The number of aliphatic hydroxyl groups is 2. The molecule has 0 fully saturated rings. The smallest absolute Gasteiger partial charge is 0.204 e. The largest absolute Gasteiger partial charge is 0.392 e. The summed E-state index contributed by atoms with van der Waals surface area (Å²) in [5, 5.41) is 17.7. The fourth-order valence-electron chi connectivity index (χ4n) is 1.19. The van der Waals surface area contributed by atoms with Crippen molar-refractivity contribution >= 4 is 5.78 Å². The van der Waals surface area contributed by atoms with E-state index in [0.717, 1.165) is 0 Å². The fourth-order valence-corrected chi connectivity index (χ4v) is 1.19. The molecule has 0 radical (unpaired) electrons. The van der Waals surface area contributed by atoms with Crippen LogP contribution in [0.2, 0.25) is 0 Å². The maximum Gasteiger partial charge on any atom is 0.204 e. The molecule has 2 N–H and O–H groups in total. The highest BCUT2D eigenvalue weighted by Crippen LogP contribution is 2.04. The van der Waals surface area contributed by atoms with Gasteiger partial charge in [-0.1, -0.05) is 0 Å². The molecule has 4 nitrogen and oxygen atoms in total. The maximum atomic E-state index is 11.1. The van der Waals surface area contributed by atoms with E-state index in [4.69, 9.17) is 10.2 Å². The third-order valence-corrected chi connectivity index (χ3v) is 1.72. The molecule has 1 unspecified atom stereocenters. The van der Waals surface area contributed by atoms with E-state index in [1.807, 2.05) is 0 Å². The van der Waals surface area contributed by atoms with Crippen molar-refractivity contribution in [2.75, 3.05) is 6.61 Å². The standard InChI is InChI=1S/C9H13NO3/c1-7(12)5-10-4-2-3-8(10)9(13)6-11/h2-4,7,11-12H,5-6H2,1H3. The van der Waals surface area contributed by atoms with E-state index in [0.29, 0.717) is 12.2 Å². The Morgan fingerprint density at radius 3 is 2.92 bits per heavy atom. The molecule has 13 heavy (non-hydrogen) atoms. The Balaban J connectivity index is 2.83. The third kappa shape index (κ3) is 2.40. The van der Waals surface area contributed by atoms with Crippen molar-refractivity contribution in [1.82, 2.24) is 4.57 Å². The van der Waals surface area contributed by atoms with E-state index >= 15 is 0 Å². The maximum absolute atomic E-state index is 11.1. The highest BCUT2D eigenvalue weighted by atomic mass is 16.3. The zero-order valence-electron chi connectivity index (χ0n) is 7.47. The van der Waals surface area contributed by atoms with Gasteiger partial charge in [-0.25, -0.2) is 0 Å². The van der Waals surface area contributed by atoms with Crippen molar-refractivity contribution in [2.45, 2.75) is 19.6 Å². The van der Waals surface area contributed by atoms with Crippen LogP contribution in [0.3, 0.4) is 0 Å². The predicted octanol–water partition coefficient (Wildman–Crippen LogP) is 0.0439. The zero-order valence-corrected chi connectivity index (χ0v) is 7.47. The zero-order chi connectivity index (χ0) is 9.84. The molecule has 72 valence electrons. The van der Waals surface area contributed by atoms with Crippen LogP contribution < -0.4 is 0 Å². The summed E-state index contributed by atoms with van der Waals surface area (Å²) in [7, 11) is 0. The van der Waals surface area contributed by atoms with Crippen molar-refractivity contribution in [3.8, 4) is 0 Å². The number of Topliss-reactive ketones (excluding diaryl/α,β-unsaturated/α-hetero) is 1. The molecule has 0 saturated heterocycles. The number of rotatable bonds is 4. The van der Waals surface area contributed by atoms with Gasteiger partial charge < -0.3 is 14.8 Å². The van der Waals surface area contributed by atoms with Crippen LogP contribution in [-0.4, -0.2) is 33.3 Å². The van der Waals surface area contributed by atoms with Gasteiger partial charge in [0.1, 0.15) is 6.61 Å². The van der Waals surface area contributed by atoms with E-state index < -0.39 is 12.7 Å². The molecule has 1 aromatic rings. The highest BCUT2D eigenvalue weighted by Gasteiger charge is 2.10. The van der Waals surface area contributed by atoms with Crippen molar-refractivity contribution in [3.63, 3.8) is 0 Å². The molecule has 0 aromatic carbocycles. The van der Waals surface area contributed by atoms with Crippen molar-refractivity contribution in [2.24, 2.45) is 0 Å². The molecule has 1 atom stereocenters. The number of hydrogen-bond acceptors (Lipinski definition) is 3. The first kappa shape index (κ1) is 9.95. The first-order valence-electron chi connectivity index (χ1n) is 4.12. The van der Waals surface area contributed by atoms with Crippen LogP contribution in [0.5, 0.6) is 0 Å². The summed E-state index contributed by atoms with van der Waals surface area (Å²) in [4.78, 5) is 11.1. The molecule has 1 heterocycles. The number of ketones is 1. The summed E-state index contributed by atoms with van der Waals surface area (Å²) >= 11 is 0. The van der Waals surface area contributed by atoms with E-state index in [1.54, 1.807) is 29.8 Å². The van der Waals surface area contributed by atoms with Gasteiger partial charge in [-0.3, -0.25) is 4.79 Å². The quantitative estimate of drug-likeness (QED) is 0.648. The lowest BCUT2D eigenvalue weighted by Crippen LogP contribution is -2.17. The summed E-state index contributed by atoms with van der Waals surface area (Å²) < 4.78 is 1.63. The van der Waals surface area contributed by atoms with Crippen LogP contribution in [0.15, 0.2) is 18.3 Å². The van der Waals surface area contributed by atoms with Gasteiger partial charge in [-0.2, -0.15) is 0 Å². The Bertz CT molecular complexity index is 291. The summed E-state index contributed by atoms with van der Waals surface area (Å²) in [6, 6.07) is 3.34. The molecule has 4 heteroatoms. The summed E-state index contributed by atoms with van der Waals surface area (Å²) in [6.07, 6.45) is 1.20. The molecule has 0 aliphatic heterocycles. The van der Waals surface area contributed by atoms with Crippen LogP contribution in [0.25, 0.3) is 0 Å². The lowest BCUT2D eigenvalue weighted by molar-refractivity contribution is 0.0890. The highest BCUT2D eigenvalue weighted by molar-refractivity contribution is 5.95. The fraction of sp³-hybridized carbons (Fsp3) is 0.444. The first-order valence-corrected chi connectivity index (χ1v) is 4.12. The van der Waals surface area contributed by atoms with E-state index in [1.165, 1.54) is 0 Å². The Kier molecular flexibility index (Phi) is 3.22. The second kappa shape index (κ2) is 4.20. The normalized spacial score (nSPS) is 12.8. The number of aromatic nitrogens is 1. The predicted molar refractivity (Wildman–Crippen MR) is 47.5 cm³/mol. The molecule has 0 amide bonds. The van der Waals surface area contributed by atoms with Crippen LogP contribution >= 0.6 is 0 Å². The van der Waals surface area contributed by atoms with E-state index in [-0.39, 0.29) is 5.78 Å². The number of aliphatic hydroxyl groups excluding tert-OH is 2. The summed E-state index contributed by atoms with van der Waals surface area (Å²) in [5.41, 5.74) is 0.434. The third-order valence-electron chi connectivity index (χ3n) is 1.72. The van der Waals surface area contributed by atoms with E-state index in [9.17, 15) is 4.79 Å². The van der Waals surface area contributed by atoms with E-state index in [2.05, 4.69) is 0 Å². The minimum atomic E-state index is -0.502. The number of carbonyl (C=O) groups is 1. The van der Waals surface area contributed by atoms with Gasteiger partial charge in [-0.15, -0.1) is 0 Å². The Morgan fingerprint density at radius 1 is 1.69 bits per heavy atom. The number of nitrogens with zero attached hydrogens (tertiary/aromatic N) is 1. The molecule has 0 bridgehead atoms. The Labute approximate surface area is 76.4 Å². The minimum absolute atomic E-state index is 0.328. The number of carbonyl (C=O) groups excluding carboxylic acids is 1. The first-order chi connectivity index (χ1) is 6.15. The molecule has 1 aromatic heterocycles. The molecule has 0 aliphatic carbocycles. The Morgan fingerprint density at radius 2 is 2.38 bits per heavy atom. The molecule has 1 rings (SSSR count). The van der Waals surface area contributed by atoms with Gasteiger partial charge in [0.25, 0.3) is 0 Å². The molecule has 0 aliphatic rings. The van der Waals surface area contributed by atoms with Crippen LogP contribution in [-0.2, 0) is 6.54 Å². The van der Waals surface area contributed by atoms with Gasteiger partial charge in [0.15, 0.2) is 0 Å². The van der Waals surface area contributed by atoms with Gasteiger partial charge >= 0.3 is 0 Å². The SMILES string of the molecule is CC(O)Cn1cccc1C(=O)CO. The average molecular weight is 183 g/mol. The van der Waals surface area contributed by atoms with Gasteiger partial charge in [0.2, 0.25) is 5.78 Å². The van der Waals surface area contributed by atoms with Gasteiger partial charge in [0.05, 0.1) is 11.8 Å². The van der Waals surface area contributed by atoms with Crippen LogP contribution in [0.4, 0.5) is 0 Å². The molecular weight excluding hydrogens is 170 g/mol. The second-order valence-corrected chi connectivity index (χ2v) is 2.98. The Hall–Kier alpha value is -1.13. The monoisotopic (exact) mass is 183 g/mol. The van der Waals surface area contributed by atoms with Crippen LogP contribution in [0, 0.1) is 0 Å². The van der Waals surface area contributed by atoms with Gasteiger partial charge in [-0.05, 0) is 19.1 Å². The van der Waals surface area contributed by atoms with Crippen molar-refractivity contribution < 1.29 is 15.0 Å². The summed E-state index contributed by atoms with van der Waals surface area (Å²) in [6.45, 7) is 1.52. The topological polar surface area (TPSA) is 62.5 Å². The lowest BCUT2D eigenvalue weighted by atomic mass is 10.3. The lowest BCUT2D eigenvalue weighted by Gasteiger charge is -2.09. The summed E-state index contributed by atoms with van der Waals surface area (Å²) in [5.74, 6) is -0.328. The average Bonchev–Trinajstić information content (AvgIpc) is 2.50. The van der Waals surface area contributed by atoms with Crippen LogP contribution in [0.1, 0.15) is 17.4 Å². The molecular formula is C9H13NO3. The number of hydrogen-bond donors (Lipinski definition) is 2.